The minimum atomic E-state index is -1.03. The maximum absolute atomic E-state index is 12.8. The number of hydrogen-bond donors (Lipinski definition) is 2. The van der Waals surface area contributed by atoms with Crippen LogP contribution in [0.2, 0.25) is 0 Å². The van der Waals surface area contributed by atoms with Gasteiger partial charge in [-0.3, -0.25) is 14.6 Å². The first-order chi connectivity index (χ1) is 12.6. The highest BCUT2D eigenvalue weighted by Gasteiger charge is 2.35. The molecule has 0 aliphatic carbocycles. The predicted octanol–water partition coefficient (Wildman–Crippen LogP) is 1.33. The molecule has 3 rings (SSSR count). The number of carbonyl (C=O) groups excluding carboxylic acids is 2. The Hall–Kier alpha value is -2.73. The molecule has 1 aliphatic heterocycles. The number of benzene rings is 1. The molecule has 0 bridgehead atoms. The molecule has 6 nitrogen and oxygen atoms in total. The van der Waals surface area contributed by atoms with Gasteiger partial charge in [-0.1, -0.05) is 24.3 Å². The Morgan fingerprint density at radius 1 is 1.23 bits per heavy atom. The molecule has 1 radical (unpaired) electrons. The Kier molecular flexibility index (Phi) is 5.63. The SMILES string of the molecule is NC(=O)C1C(O)[CH]CCCN1C(=O)Cc1cccc(-c2ccccn2)c1. The number of nitrogens with zero attached hydrogens (tertiary/aromatic N) is 2. The van der Waals surface area contributed by atoms with Crippen molar-refractivity contribution in [3.63, 3.8) is 0 Å². The van der Waals surface area contributed by atoms with Crippen LogP contribution in [0.5, 0.6) is 0 Å². The van der Waals surface area contributed by atoms with Crippen molar-refractivity contribution in [2.24, 2.45) is 5.73 Å². The van der Waals surface area contributed by atoms with Crippen molar-refractivity contribution in [1.82, 2.24) is 9.88 Å². The van der Waals surface area contributed by atoms with Crippen LogP contribution in [-0.2, 0) is 16.0 Å². The molecule has 2 atom stereocenters. The standard InChI is InChI=1S/C20H22N3O3/c21-20(26)19-17(24)9-2-4-11-23(19)18(25)13-14-6-5-7-15(12-14)16-8-1-3-10-22-16/h1,3,5-10,12,17,19,24H,2,4,11,13H2,(H2,21,26). The van der Waals surface area contributed by atoms with Gasteiger partial charge < -0.3 is 15.7 Å². The van der Waals surface area contributed by atoms with Gasteiger partial charge >= 0.3 is 0 Å². The normalized spacial score (nSPS) is 20.4. The van der Waals surface area contributed by atoms with Crippen LogP contribution < -0.4 is 5.73 Å². The van der Waals surface area contributed by atoms with Gasteiger partial charge in [0.05, 0.1) is 18.2 Å². The lowest BCUT2D eigenvalue weighted by atomic mass is 10.0. The maximum Gasteiger partial charge on any atom is 0.242 e. The number of carbonyl (C=O) groups is 2. The van der Waals surface area contributed by atoms with Crippen molar-refractivity contribution >= 4 is 11.8 Å². The molecule has 1 aromatic carbocycles. The van der Waals surface area contributed by atoms with E-state index in [1.807, 2.05) is 42.5 Å². The number of aliphatic hydroxyl groups is 1. The first-order valence-electron chi connectivity index (χ1n) is 8.67. The highest BCUT2D eigenvalue weighted by Crippen LogP contribution is 2.21. The van der Waals surface area contributed by atoms with Gasteiger partial charge in [-0.25, -0.2) is 0 Å². The van der Waals surface area contributed by atoms with E-state index in [0.29, 0.717) is 19.4 Å². The number of nitrogens with two attached hydrogens (primary N) is 1. The van der Waals surface area contributed by atoms with E-state index >= 15 is 0 Å². The summed E-state index contributed by atoms with van der Waals surface area (Å²) in [5, 5.41) is 10.1. The predicted molar refractivity (Wildman–Crippen MR) is 97.6 cm³/mol. The summed E-state index contributed by atoms with van der Waals surface area (Å²) in [6.07, 6.45) is 3.81. The first-order valence-corrected chi connectivity index (χ1v) is 8.67. The van der Waals surface area contributed by atoms with Crippen LogP contribution in [-0.4, -0.2) is 45.5 Å². The topological polar surface area (TPSA) is 96.5 Å². The zero-order valence-corrected chi connectivity index (χ0v) is 14.4. The van der Waals surface area contributed by atoms with E-state index in [1.165, 1.54) is 4.90 Å². The second kappa shape index (κ2) is 8.10. The third-order valence-corrected chi connectivity index (χ3v) is 4.53. The van der Waals surface area contributed by atoms with Gasteiger partial charge in [0.2, 0.25) is 11.8 Å². The highest BCUT2D eigenvalue weighted by atomic mass is 16.3. The summed E-state index contributed by atoms with van der Waals surface area (Å²) < 4.78 is 0. The zero-order chi connectivity index (χ0) is 18.5. The number of hydrogen-bond acceptors (Lipinski definition) is 4. The summed E-state index contributed by atoms with van der Waals surface area (Å²) in [6, 6.07) is 12.3. The van der Waals surface area contributed by atoms with Crippen molar-refractivity contribution in [3.05, 3.63) is 60.6 Å². The average molecular weight is 352 g/mol. The van der Waals surface area contributed by atoms with E-state index in [-0.39, 0.29) is 12.3 Å². The fraction of sp³-hybridized carbons (Fsp3) is 0.300. The summed E-state index contributed by atoms with van der Waals surface area (Å²) >= 11 is 0. The monoisotopic (exact) mass is 352 g/mol. The minimum Gasteiger partial charge on any atom is -0.390 e. The number of primary amides is 1. The van der Waals surface area contributed by atoms with Crippen LogP contribution in [0.1, 0.15) is 18.4 Å². The summed E-state index contributed by atoms with van der Waals surface area (Å²) in [5.41, 5.74) is 8.00. The third-order valence-electron chi connectivity index (χ3n) is 4.53. The van der Waals surface area contributed by atoms with E-state index < -0.39 is 18.1 Å². The lowest BCUT2D eigenvalue weighted by Crippen LogP contribution is -2.53. The molecule has 2 aromatic rings. The molecule has 26 heavy (non-hydrogen) atoms. The summed E-state index contributed by atoms with van der Waals surface area (Å²) in [4.78, 5) is 30.3. The Labute approximate surface area is 152 Å². The van der Waals surface area contributed by atoms with Crippen molar-refractivity contribution in [3.8, 4) is 11.3 Å². The Bertz CT molecular complexity index is 779. The number of likely N-dealkylation sites (tertiary alicyclic amines) is 1. The molecule has 135 valence electrons. The van der Waals surface area contributed by atoms with Crippen molar-refractivity contribution in [2.45, 2.75) is 31.4 Å². The van der Waals surface area contributed by atoms with Crippen LogP contribution >= 0.6 is 0 Å². The van der Waals surface area contributed by atoms with Crippen molar-refractivity contribution in [1.29, 1.82) is 0 Å². The Morgan fingerprint density at radius 3 is 2.81 bits per heavy atom. The van der Waals surface area contributed by atoms with E-state index in [1.54, 1.807) is 12.6 Å². The van der Waals surface area contributed by atoms with E-state index in [0.717, 1.165) is 16.8 Å². The van der Waals surface area contributed by atoms with E-state index in [2.05, 4.69) is 4.98 Å². The first kappa shape index (κ1) is 18.1. The van der Waals surface area contributed by atoms with E-state index in [9.17, 15) is 14.7 Å². The van der Waals surface area contributed by atoms with Gasteiger partial charge in [-0.05, 0) is 43.0 Å². The molecular formula is C20H22N3O3. The molecule has 2 heterocycles. The minimum absolute atomic E-state index is 0.136. The third kappa shape index (κ3) is 4.08. The van der Waals surface area contributed by atoms with Crippen LogP contribution in [0, 0.1) is 6.42 Å². The van der Waals surface area contributed by atoms with Crippen molar-refractivity contribution in [2.75, 3.05) is 6.54 Å². The van der Waals surface area contributed by atoms with Crippen LogP contribution in [0.25, 0.3) is 11.3 Å². The van der Waals surface area contributed by atoms with Gasteiger partial charge in [0.1, 0.15) is 6.04 Å². The zero-order valence-electron chi connectivity index (χ0n) is 14.4. The lowest BCUT2D eigenvalue weighted by Gasteiger charge is -2.30. The number of amides is 2. The van der Waals surface area contributed by atoms with Gasteiger partial charge in [0, 0.05) is 18.3 Å². The summed E-state index contributed by atoms with van der Waals surface area (Å²) in [6.45, 7) is 0.403. The Balaban J connectivity index is 1.79. The smallest absolute Gasteiger partial charge is 0.242 e. The number of aliphatic hydroxyl groups excluding tert-OH is 1. The van der Waals surface area contributed by atoms with Gasteiger partial charge in [-0.15, -0.1) is 0 Å². The molecule has 2 unspecified atom stereocenters. The highest BCUT2D eigenvalue weighted by molar-refractivity contribution is 5.88. The second-order valence-electron chi connectivity index (χ2n) is 6.39. The fourth-order valence-electron chi connectivity index (χ4n) is 3.25. The molecule has 2 amide bonds. The molecule has 1 aliphatic rings. The van der Waals surface area contributed by atoms with Crippen LogP contribution in [0.15, 0.2) is 48.7 Å². The largest absolute Gasteiger partial charge is 0.390 e. The lowest BCUT2D eigenvalue weighted by molar-refractivity contribution is -0.141. The van der Waals surface area contributed by atoms with E-state index in [4.69, 9.17) is 5.73 Å². The second-order valence-corrected chi connectivity index (χ2v) is 6.39. The van der Waals surface area contributed by atoms with Gasteiger partial charge in [0.25, 0.3) is 0 Å². The van der Waals surface area contributed by atoms with Crippen LogP contribution in [0.4, 0.5) is 0 Å². The molecule has 3 N–H and O–H groups in total. The number of aromatic nitrogens is 1. The van der Waals surface area contributed by atoms with Gasteiger partial charge in [0.15, 0.2) is 0 Å². The van der Waals surface area contributed by atoms with Crippen LogP contribution in [0.3, 0.4) is 0 Å². The number of pyridine rings is 1. The summed E-state index contributed by atoms with van der Waals surface area (Å²) in [5.74, 6) is -0.910. The van der Waals surface area contributed by atoms with Crippen molar-refractivity contribution < 1.29 is 14.7 Å². The molecule has 1 saturated heterocycles. The molecule has 1 fully saturated rings. The maximum atomic E-state index is 12.8. The number of rotatable bonds is 4. The quantitative estimate of drug-likeness (QED) is 0.868. The average Bonchev–Trinajstić information content (AvgIpc) is 2.84. The fourth-order valence-corrected chi connectivity index (χ4v) is 3.25. The molecule has 0 saturated carbocycles. The van der Waals surface area contributed by atoms with Gasteiger partial charge in [-0.2, -0.15) is 0 Å². The molecule has 1 aromatic heterocycles. The molecule has 6 heteroatoms. The molecule has 0 spiro atoms. The Morgan fingerprint density at radius 2 is 2.08 bits per heavy atom. The summed E-state index contributed by atoms with van der Waals surface area (Å²) in [7, 11) is 0. The molecular weight excluding hydrogens is 330 g/mol.